The molecule has 20 heavy (non-hydrogen) atoms. The summed E-state index contributed by atoms with van der Waals surface area (Å²) in [6.07, 6.45) is 0.880. The Labute approximate surface area is 118 Å². The van der Waals surface area contributed by atoms with Crippen LogP contribution < -0.4 is 4.84 Å². The Balaban J connectivity index is 2.03. The van der Waals surface area contributed by atoms with E-state index in [0.29, 0.717) is 17.7 Å². The number of likely N-dealkylation sites (tertiary alicyclic amines) is 1. The first kappa shape index (κ1) is 14.5. The van der Waals surface area contributed by atoms with Gasteiger partial charge in [-0.25, -0.2) is 0 Å². The smallest absolute Gasteiger partial charge is 0.269 e. The Morgan fingerprint density at radius 3 is 2.60 bits per heavy atom. The van der Waals surface area contributed by atoms with E-state index < -0.39 is 4.92 Å². The molecule has 6 nitrogen and oxygen atoms in total. The van der Waals surface area contributed by atoms with Gasteiger partial charge in [-0.15, -0.1) is 0 Å². The molecule has 0 saturated carbocycles. The van der Waals surface area contributed by atoms with Gasteiger partial charge in [0.05, 0.1) is 10.6 Å². The maximum atomic E-state index is 10.6. The van der Waals surface area contributed by atoms with Crippen molar-refractivity contribution in [3.05, 3.63) is 34.4 Å². The largest absolute Gasteiger partial charge is 0.357 e. The maximum Gasteiger partial charge on any atom is 0.269 e. The molecule has 0 spiro atoms. The lowest BCUT2D eigenvalue weighted by atomic mass is 9.93. The van der Waals surface area contributed by atoms with Crippen LogP contribution in [0.4, 0.5) is 5.69 Å². The topological polar surface area (TPSA) is 68.0 Å². The Kier molecular flexibility index (Phi) is 4.34. The van der Waals surface area contributed by atoms with Crippen LogP contribution >= 0.6 is 0 Å². The van der Waals surface area contributed by atoms with Crippen LogP contribution in [0.5, 0.6) is 5.75 Å². The second kappa shape index (κ2) is 6.00. The summed E-state index contributed by atoms with van der Waals surface area (Å²) in [4.78, 5) is 17.8. The first-order valence-electron chi connectivity index (χ1n) is 6.66. The highest BCUT2D eigenvalue weighted by molar-refractivity contribution is 5.87. The van der Waals surface area contributed by atoms with Crippen molar-refractivity contribution in [1.29, 1.82) is 0 Å². The van der Waals surface area contributed by atoms with E-state index >= 15 is 0 Å². The third kappa shape index (κ3) is 3.33. The van der Waals surface area contributed by atoms with Crippen LogP contribution in [-0.4, -0.2) is 35.2 Å². The second-order valence-corrected chi connectivity index (χ2v) is 5.32. The summed E-state index contributed by atoms with van der Waals surface area (Å²) >= 11 is 0. The van der Waals surface area contributed by atoms with E-state index in [-0.39, 0.29) is 5.69 Å². The lowest BCUT2D eigenvalue weighted by Crippen LogP contribution is -2.43. The minimum Gasteiger partial charge on any atom is -0.357 e. The molecular formula is C14H19N3O3. The highest BCUT2D eigenvalue weighted by Gasteiger charge is 2.25. The number of oxime groups is 1. The van der Waals surface area contributed by atoms with Gasteiger partial charge in [-0.3, -0.25) is 10.1 Å². The first-order valence-corrected chi connectivity index (χ1v) is 6.66. The summed E-state index contributed by atoms with van der Waals surface area (Å²) in [5.41, 5.74) is 1.08. The summed E-state index contributed by atoms with van der Waals surface area (Å²) in [6, 6.07) is 6.40. The van der Waals surface area contributed by atoms with Crippen LogP contribution in [0, 0.1) is 16.0 Å². The molecule has 108 valence electrons. The lowest BCUT2D eigenvalue weighted by molar-refractivity contribution is -0.384. The molecule has 1 aromatic carbocycles. The van der Waals surface area contributed by atoms with Gasteiger partial charge < -0.3 is 9.74 Å². The molecule has 0 amide bonds. The van der Waals surface area contributed by atoms with Gasteiger partial charge in [-0.2, -0.15) is 0 Å². The molecule has 2 rings (SSSR count). The van der Waals surface area contributed by atoms with Gasteiger partial charge in [0.25, 0.3) is 5.69 Å². The number of hydrogen-bond acceptors (Lipinski definition) is 5. The number of hydrogen-bond donors (Lipinski definition) is 0. The third-order valence-electron chi connectivity index (χ3n) is 3.70. The van der Waals surface area contributed by atoms with Crippen LogP contribution in [0.1, 0.15) is 20.3 Å². The number of nitro groups is 1. The quantitative estimate of drug-likeness (QED) is 0.629. The van der Waals surface area contributed by atoms with Crippen LogP contribution in [0.15, 0.2) is 29.4 Å². The van der Waals surface area contributed by atoms with Crippen LogP contribution in [-0.2, 0) is 0 Å². The van der Waals surface area contributed by atoms with E-state index in [2.05, 4.69) is 31.0 Å². The SMILES string of the molecule is C[C@@H]1CN(C)[C@H](C)CC1=NOc1ccc([N+](=O)[O-])cc1. The third-order valence-corrected chi connectivity index (χ3v) is 3.70. The monoisotopic (exact) mass is 277 g/mol. The second-order valence-electron chi connectivity index (χ2n) is 5.32. The van der Waals surface area contributed by atoms with Gasteiger partial charge in [-0.1, -0.05) is 12.1 Å². The molecule has 1 aromatic rings. The summed E-state index contributed by atoms with van der Waals surface area (Å²) in [7, 11) is 2.11. The fraction of sp³-hybridized carbons (Fsp3) is 0.500. The number of nitrogens with zero attached hydrogens (tertiary/aromatic N) is 3. The molecule has 1 heterocycles. The Morgan fingerprint density at radius 2 is 2.00 bits per heavy atom. The molecule has 0 radical (unpaired) electrons. The van der Waals surface area contributed by atoms with Crippen molar-refractivity contribution < 1.29 is 9.76 Å². The minimum atomic E-state index is -0.434. The van der Waals surface area contributed by atoms with Crippen molar-refractivity contribution in [3.8, 4) is 5.75 Å². The Morgan fingerprint density at radius 1 is 1.35 bits per heavy atom. The highest BCUT2D eigenvalue weighted by atomic mass is 16.6. The zero-order chi connectivity index (χ0) is 14.7. The molecule has 1 saturated heterocycles. The van der Waals surface area contributed by atoms with E-state index in [4.69, 9.17) is 4.84 Å². The predicted octanol–water partition coefficient (Wildman–Crippen LogP) is 2.69. The molecule has 0 bridgehead atoms. The summed E-state index contributed by atoms with van der Waals surface area (Å²) < 4.78 is 0. The molecule has 0 N–H and O–H groups in total. The zero-order valence-corrected chi connectivity index (χ0v) is 11.9. The van der Waals surface area contributed by atoms with Crippen molar-refractivity contribution in [2.24, 2.45) is 11.1 Å². The summed E-state index contributed by atoms with van der Waals surface area (Å²) in [5, 5.41) is 14.8. The van der Waals surface area contributed by atoms with Crippen molar-refractivity contribution in [3.63, 3.8) is 0 Å². The zero-order valence-electron chi connectivity index (χ0n) is 11.9. The molecule has 0 unspecified atom stereocenters. The number of non-ortho nitro benzene ring substituents is 1. The van der Waals surface area contributed by atoms with E-state index in [0.717, 1.165) is 18.7 Å². The van der Waals surface area contributed by atoms with Crippen LogP contribution in [0.3, 0.4) is 0 Å². The van der Waals surface area contributed by atoms with Crippen molar-refractivity contribution in [2.45, 2.75) is 26.3 Å². The fourth-order valence-corrected chi connectivity index (χ4v) is 2.24. The number of rotatable bonds is 3. The molecule has 0 aromatic heterocycles. The van der Waals surface area contributed by atoms with Crippen molar-refractivity contribution in [1.82, 2.24) is 4.90 Å². The minimum absolute atomic E-state index is 0.0475. The average Bonchev–Trinajstić information content (AvgIpc) is 2.42. The summed E-state index contributed by atoms with van der Waals surface area (Å²) in [6.45, 7) is 5.25. The Bertz CT molecular complexity index is 513. The van der Waals surface area contributed by atoms with Gasteiger partial charge >= 0.3 is 0 Å². The molecule has 0 aliphatic carbocycles. The normalized spacial score (nSPS) is 25.6. The Hall–Kier alpha value is -1.95. The number of piperidine rings is 1. The van der Waals surface area contributed by atoms with E-state index in [1.807, 2.05) is 0 Å². The highest BCUT2D eigenvalue weighted by Crippen LogP contribution is 2.21. The van der Waals surface area contributed by atoms with Crippen LogP contribution in [0.25, 0.3) is 0 Å². The van der Waals surface area contributed by atoms with Crippen molar-refractivity contribution >= 4 is 11.4 Å². The van der Waals surface area contributed by atoms with E-state index in [1.165, 1.54) is 12.1 Å². The molecule has 1 aliphatic rings. The van der Waals surface area contributed by atoms with E-state index in [1.54, 1.807) is 12.1 Å². The molecule has 1 aliphatic heterocycles. The number of nitro benzene ring substituents is 1. The standard InChI is InChI=1S/C14H19N3O3/c1-10-9-16(3)11(2)8-14(10)15-20-13-6-4-12(5-7-13)17(18)19/h4-7,10-11H,8-9H2,1-3H3/t10-,11-/m1/s1. The van der Waals surface area contributed by atoms with Gasteiger partial charge in [0, 0.05) is 37.1 Å². The molecule has 6 heteroatoms. The van der Waals surface area contributed by atoms with E-state index in [9.17, 15) is 10.1 Å². The summed E-state index contributed by atoms with van der Waals surface area (Å²) in [5.74, 6) is 0.871. The lowest BCUT2D eigenvalue weighted by Gasteiger charge is -2.34. The van der Waals surface area contributed by atoms with Crippen molar-refractivity contribution in [2.75, 3.05) is 13.6 Å². The number of benzene rings is 1. The van der Waals surface area contributed by atoms with Crippen LogP contribution in [0.2, 0.25) is 0 Å². The maximum absolute atomic E-state index is 10.6. The van der Waals surface area contributed by atoms with Gasteiger partial charge in [0.1, 0.15) is 0 Å². The predicted molar refractivity (Wildman–Crippen MR) is 77.0 cm³/mol. The fourth-order valence-electron chi connectivity index (χ4n) is 2.24. The molecular weight excluding hydrogens is 258 g/mol. The van der Waals surface area contributed by atoms with Gasteiger partial charge in [-0.05, 0) is 26.1 Å². The van der Waals surface area contributed by atoms with Gasteiger partial charge in [0.15, 0.2) is 5.75 Å². The van der Waals surface area contributed by atoms with Gasteiger partial charge in [0.2, 0.25) is 0 Å². The first-order chi connectivity index (χ1) is 9.47. The molecule has 2 atom stereocenters. The molecule has 1 fully saturated rings. The average molecular weight is 277 g/mol.